The number of nitrogens with zero attached hydrogens (tertiary/aromatic N) is 3. The van der Waals surface area contributed by atoms with Gasteiger partial charge in [-0.2, -0.15) is 13.5 Å². The third-order valence-electron chi connectivity index (χ3n) is 3.28. The lowest BCUT2D eigenvalue weighted by atomic mass is 10.2. The van der Waals surface area contributed by atoms with E-state index in [1.54, 1.807) is 13.1 Å². The summed E-state index contributed by atoms with van der Waals surface area (Å²) in [7, 11) is -2.04. The Balaban J connectivity index is 2.51. The lowest BCUT2D eigenvalue weighted by Gasteiger charge is -2.25. The topological polar surface area (TPSA) is 81.2 Å². The molecule has 2 N–H and O–H groups in total. The van der Waals surface area contributed by atoms with Gasteiger partial charge in [-0.05, 0) is 37.6 Å². The first kappa shape index (κ1) is 15.5. The van der Waals surface area contributed by atoms with E-state index in [-0.39, 0.29) is 5.03 Å². The Morgan fingerprint density at radius 1 is 1.29 bits per heavy atom. The first-order valence-corrected chi connectivity index (χ1v) is 8.19. The van der Waals surface area contributed by atoms with E-state index in [0.717, 1.165) is 5.56 Å². The van der Waals surface area contributed by atoms with Crippen molar-refractivity contribution in [3.8, 4) is 0 Å². The minimum Gasteiger partial charge on any atom is -0.330 e. The third-order valence-corrected chi connectivity index (χ3v) is 5.17. The maximum absolute atomic E-state index is 12.9. The highest BCUT2D eigenvalue weighted by molar-refractivity contribution is 7.92. The number of anilines is 1. The molecule has 21 heavy (non-hydrogen) atoms. The van der Waals surface area contributed by atoms with Crippen LogP contribution in [0.2, 0.25) is 0 Å². The summed E-state index contributed by atoms with van der Waals surface area (Å²) < 4.78 is 28.6. The number of nitrogens with two attached hydrogens (primary N) is 1. The summed E-state index contributed by atoms with van der Waals surface area (Å²) in [4.78, 5) is 0. The molecule has 2 aromatic rings. The smallest absolute Gasteiger partial charge is 0.281 e. The summed E-state index contributed by atoms with van der Waals surface area (Å²) in [5, 5.41) is 4.12. The molecule has 0 saturated carbocycles. The Hall–Kier alpha value is -1.86. The van der Waals surface area contributed by atoms with E-state index in [1.807, 2.05) is 25.1 Å². The first-order valence-electron chi connectivity index (χ1n) is 6.75. The molecular formula is C14H20N4O2S. The Bertz CT molecular complexity index is 709. The second-order valence-corrected chi connectivity index (χ2v) is 6.61. The van der Waals surface area contributed by atoms with Gasteiger partial charge in [-0.1, -0.05) is 18.2 Å². The molecule has 114 valence electrons. The zero-order chi connectivity index (χ0) is 15.5. The van der Waals surface area contributed by atoms with Crippen LogP contribution in [0, 0.1) is 6.92 Å². The molecule has 0 aliphatic carbocycles. The average molecular weight is 308 g/mol. The SMILES string of the molecule is Cc1ccccc1N(CCCN)S(=O)(=O)c1ccnn1C. The summed E-state index contributed by atoms with van der Waals surface area (Å²) in [5.41, 5.74) is 7.12. The van der Waals surface area contributed by atoms with E-state index in [0.29, 0.717) is 25.2 Å². The van der Waals surface area contributed by atoms with Crippen molar-refractivity contribution in [2.24, 2.45) is 12.8 Å². The van der Waals surface area contributed by atoms with Crippen LogP contribution in [-0.2, 0) is 17.1 Å². The fraction of sp³-hybridized carbons (Fsp3) is 0.357. The molecule has 6 nitrogen and oxygen atoms in total. The molecule has 1 aromatic carbocycles. The Kier molecular flexibility index (Phi) is 4.64. The molecule has 0 bridgehead atoms. The van der Waals surface area contributed by atoms with Crippen LogP contribution in [0.4, 0.5) is 5.69 Å². The molecule has 2 rings (SSSR count). The average Bonchev–Trinajstić information content (AvgIpc) is 2.88. The van der Waals surface area contributed by atoms with Gasteiger partial charge in [0.1, 0.15) is 0 Å². The third kappa shape index (κ3) is 3.08. The molecule has 7 heteroatoms. The lowest BCUT2D eigenvalue weighted by molar-refractivity contribution is 0.570. The molecule has 0 saturated heterocycles. The molecular weight excluding hydrogens is 288 g/mol. The zero-order valence-electron chi connectivity index (χ0n) is 12.2. The summed E-state index contributed by atoms with van der Waals surface area (Å²) in [6, 6.07) is 8.92. The van der Waals surface area contributed by atoms with Crippen molar-refractivity contribution in [1.82, 2.24) is 9.78 Å². The van der Waals surface area contributed by atoms with E-state index < -0.39 is 10.0 Å². The minimum atomic E-state index is -3.66. The Morgan fingerprint density at radius 3 is 2.57 bits per heavy atom. The van der Waals surface area contributed by atoms with Crippen LogP contribution in [0.5, 0.6) is 0 Å². The highest BCUT2D eigenvalue weighted by Crippen LogP contribution is 2.26. The van der Waals surface area contributed by atoms with Gasteiger partial charge in [0.15, 0.2) is 5.03 Å². The summed E-state index contributed by atoms with van der Waals surface area (Å²) in [6.45, 7) is 2.67. The van der Waals surface area contributed by atoms with Crippen molar-refractivity contribution < 1.29 is 8.42 Å². The minimum absolute atomic E-state index is 0.169. The van der Waals surface area contributed by atoms with Crippen molar-refractivity contribution >= 4 is 15.7 Å². The van der Waals surface area contributed by atoms with Crippen LogP contribution in [0.1, 0.15) is 12.0 Å². The van der Waals surface area contributed by atoms with Gasteiger partial charge >= 0.3 is 0 Å². The van der Waals surface area contributed by atoms with E-state index in [9.17, 15) is 8.42 Å². The van der Waals surface area contributed by atoms with Gasteiger partial charge in [0.05, 0.1) is 11.9 Å². The van der Waals surface area contributed by atoms with Gasteiger partial charge in [0.25, 0.3) is 10.0 Å². The van der Waals surface area contributed by atoms with E-state index in [1.165, 1.54) is 21.3 Å². The predicted octanol–water partition coefficient (Wildman–Crippen LogP) is 1.27. The van der Waals surface area contributed by atoms with Gasteiger partial charge in [-0.3, -0.25) is 8.99 Å². The van der Waals surface area contributed by atoms with E-state index in [4.69, 9.17) is 5.73 Å². The quantitative estimate of drug-likeness (QED) is 0.871. The maximum atomic E-state index is 12.9. The fourth-order valence-electron chi connectivity index (χ4n) is 2.18. The van der Waals surface area contributed by atoms with Crippen molar-refractivity contribution in [2.45, 2.75) is 18.4 Å². The van der Waals surface area contributed by atoms with Crippen LogP contribution in [-0.4, -0.2) is 31.3 Å². The predicted molar refractivity (Wildman–Crippen MR) is 82.6 cm³/mol. The van der Waals surface area contributed by atoms with Crippen molar-refractivity contribution in [3.05, 3.63) is 42.1 Å². The van der Waals surface area contributed by atoms with Crippen molar-refractivity contribution in [3.63, 3.8) is 0 Å². The largest absolute Gasteiger partial charge is 0.330 e. The maximum Gasteiger partial charge on any atom is 0.281 e. The molecule has 0 aliphatic heterocycles. The molecule has 1 aromatic heterocycles. The molecule has 0 amide bonds. The normalized spacial score (nSPS) is 11.6. The van der Waals surface area contributed by atoms with Crippen LogP contribution >= 0.6 is 0 Å². The standard InChI is InChI=1S/C14H20N4O2S/c1-12-6-3-4-7-13(12)18(11-5-9-15)21(19,20)14-8-10-16-17(14)2/h3-4,6-8,10H,5,9,11,15H2,1-2H3. The molecule has 0 spiro atoms. The highest BCUT2D eigenvalue weighted by atomic mass is 32.2. The number of aromatic nitrogens is 2. The van der Waals surface area contributed by atoms with Crippen molar-refractivity contribution in [2.75, 3.05) is 17.4 Å². The monoisotopic (exact) mass is 308 g/mol. The number of sulfonamides is 1. The first-order chi connectivity index (χ1) is 9.98. The molecule has 0 unspecified atom stereocenters. The van der Waals surface area contributed by atoms with Crippen LogP contribution < -0.4 is 10.0 Å². The van der Waals surface area contributed by atoms with E-state index >= 15 is 0 Å². The second kappa shape index (κ2) is 6.28. The highest BCUT2D eigenvalue weighted by Gasteiger charge is 2.28. The van der Waals surface area contributed by atoms with Gasteiger partial charge < -0.3 is 5.73 Å². The fourth-order valence-corrected chi connectivity index (χ4v) is 3.85. The number of aryl methyl sites for hydroxylation is 2. The molecule has 0 aliphatic rings. The van der Waals surface area contributed by atoms with Gasteiger partial charge in [-0.25, -0.2) is 0 Å². The van der Waals surface area contributed by atoms with Crippen LogP contribution in [0.25, 0.3) is 0 Å². The zero-order valence-corrected chi connectivity index (χ0v) is 13.0. The summed E-state index contributed by atoms with van der Waals surface area (Å²) >= 11 is 0. The number of rotatable bonds is 6. The molecule has 0 fully saturated rings. The second-order valence-electron chi connectivity index (χ2n) is 4.80. The Morgan fingerprint density at radius 2 is 2.00 bits per heavy atom. The molecule has 0 radical (unpaired) electrons. The number of para-hydroxylation sites is 1. The summed E-state index contributed by atoms with van der Waals surface area (Å²) in [6.07, 6.45) is 2.07. The lowest BCUT2D eigenvalue weighted by Crippen LogP contribution is -2.34. The van der Waals surface area contributed by atoms with Crippen molar-refractivity contribution in [1.29, 1.82) is 0 Å². The van der Waals surface area contributed by atoms with Gasteiger partial charge in [0, 0.05) is 13.6 Å². The van der Waals surface area contributed by atoms with Crippen LogP contribution in [0.15, 0.2) is 41.6 Å². The molecule has 0 atom stereocenters. The summed E-state index contributed by atoms with van der Waals surface area (Å²) in [5.74, 6) is 0. The van der Waals surface area contributed by atoms with Crippen LogP contribution in [0.3, 0.4) is 0 Å². The number of benzene rings is 1. The molecule has 1 heterocycles. The number of hydrogen-bond acceptors (Lipinski definition) is 4. The van der Waals surface area contributed by atoms with Gasteiger partial charge in [-0.15, -0.1) is 0 Å². The Labute approximate surface area is 125 Å². The number of hydrogen-bond donors (Lipinski definition) is 1. The van der Waals surface area contributed by atoms with E-state index in [2.05, 4.69) is 5.10 Å². The van der Waals surface area contributed by atoms with Gasteiger partial charge in [0.2, 0.25) is 0 Å².